The zero-order valence-corrected chi connectivity index (χ0v) is 36.6. The highest BCUT2D eigenvalue weighted by Crippen LogP contribution is 2.41. The largest absolute Gasteiger partial charge is 0.368 e. The van der Waals surface area contributed by atoms with Crippen molar-refractivity contribution in [2.45, 2.75) is 77.9 Å². The monoisotopic (exact) mass is 854 g/mol. The number of aromatic nitrogens is 7. The van der Waals surface area contributed by atoms with Gasteiger partial charge in [-0.15, -0.1) is 0 Å². The predicted molar refractivity (Wildman–Crippen MR) is 237 cm³/mol. The summed E-state index contributed by atoms with van der Waals surface area (Å²) in [6.45, 7) is 11.4. The molecule has 16 nitrogen and oxygen atoms in total. The summed E-state index contributed by atoms with van der Waals surface area (Å²) in [4.78, 5) is 74.6. The van der Waals surface area contributed by atoms with Gasteiger partial charge in [0, 0.05) is 68.4 Å². The molecule has 0 radical (unpaired) electrons. The molecule has 10 rings (SSSR count). The number of pyridine rings is 1. The summed E-state index contributed by atoms with van der Waals surface area (Å²) in [5.74, 6) is -0.0694. The maximum absolute atomic E-state index is 13.9. The van der Waals surface area contributed by atoms with Gasteiger partial charge >= 0.3 is 5.69 Å². The third-order valence-electron chi connectivity index (χ3n) is 13.9. The van der Waals surface area contributed by atoms with Crippen LogP contribution < -0.4 is 25.8 Å². The zero-order chi connectivity index (χ0) is 43.6. The van der Waals surface area contributed by atoms with Gasteiger partial charge in [0.05, 0.1) is 27.8 Å². The van der Waals surface area contributed by atoms with Gasteiger partial charge in [0.25, 0.3) is 5.91 Å². The fraction of sp³-hybridized carbons (Fsp3) is 0.468. The standard InChI is InChI=1S/C47H55N11O5/c1-30-7-6-22-63-58-37(15-18-52(58)3)36-25-34(23-31(2)48-36)43(60)51-45-49-35-11-10-32(24-40(35)56(45)26-30)27-54-20-16-47(17-21-54)28-55(29-47)19-14-33-8-5-9-38-42(33)53(4)46(62)57(38)39-12-13-41(59)50-44(39)61/h5,8-11,15,18,23-25,30,39H,6-7,12-14,16-17,19-22,26-29H2,1-4H3,(H-,49,50,51,59,60,61)/p+1/t30-,39?/m1/s1. The number of hydrogen-bond donors (Lipinski definition) is 2. The van der Waals surface area contributed by atoms with Gasteiger partial charge in [0.15, 0.2) is 18.9 Å². The molecule has 2 atom stereocenters. The number of carbonyl (C=O) groups is 3. The normalized spacial score (nSPS) is 21.0. The number of nitrogens with one attached hydrogen (secondary N) is 2. The Kier molecular flexibility index (Phi) is 10.5. The molecule has 63 heavy (non-hydrogen) atoms. The van der Waals surface area contributed by atoms with Gasteiger partial charge in [0.2, 0.25) is 17.8 Å². The van der Waals surface area contributed by atoms with E-state index in [1.54, 1.807) is 21.0 Å². The number of carbonyl (C=O) groups excluding carboxylic acids is 3. The summed E-state index contributed by atoms with van der Waals surface area (Å²) in [5.41, 5.74) is 8.62. The summed E-state index contributed by atoms with van der Waals surface area (Å²) in [5, 5.41) is 5.57. The van der Waals surface area contributed by atoms with Gasteiger partial charge in [-0.25, -0.2) is 9.78 Å². The minimum atomic E-state index is -0.687. The summed E-state index contributed by atoms with van der Waals surface area (Å²) in [6.07, 6.45) is 7.41. The first-order valence-corrected chi connectivity index (χ1v) is 22.4. The molecule has 1 spiro atoms. The number of likely N-dealkylation sites (tertiary alicyclic amines) is 2. The molecular formula is C47H56N11O5+. The van der Waals surface area contributed by atoms with Crippen LogP contribution in [0.4, 0.5) is 5.95 Å². The van der Waals surface area contributed by atoms with E-state index in [0.717, 1.165) is 110 Å². The van der Waals surface area contributed by atoms with E-state index in [1.807, 2.05) is 55.2 Å². The number of aryl methyl sites for hydroxylation is 3. The van der Waals surface area contributed by atoms with Gasteiger partial charge in [-0.1, -0.05) is 29.8 Å². The number of hydrogen-bond acceptors (Lipinski definition) is 9. The molecule has 3 saturated heterocycles. The average molecular weight is 855 g/mol. The van der Waals surface area contributed by atoms with Crippen molar-refractivity contribution in [2.75, 3.05) is 44.6 Å². The molecule has 3 amide bonds. The number of rotatable bonds is 6. The molecule has 2 bridgehead atoms. The molecule has 1 unspecified atom stereocenters. The van der Waals surface area contributed by atoms with Gasteiger partial charge in [-0.05, 0) is 111 Å². The first kappa shape index (κ1) is 40.9. The van der Waals surface area contributed by atoms with E-state index >= 15 is 0 Å². The number of benzene rings is 2. The lowest BCUT2D eigenvalue weighted by molar-refractivity contribution is -0.777. The quantitative estimate of drug-likeness (QED) is 0.187. The molecule has 16 heteroatoms. The van der Waals surface area contributed by atoms with Crippen LogP contribution in [0.1, 0.15) is 78.7 Å². The first-order valence-electron chi connectivity index (χ1n) is 22.4. The Morgan fingerprint density at radius 3 is 2.57 bits per heavy atom. The minimum Gasteiger partial charge on any atom is -0.368 e. The third kappa shape index (κ3) is 7.73. The predicted octanol–water partition coefficient (Wildman–Crippen LogP) is 3.92. The minimum absolute atomic E-state index is 0.222. The number of anilines is 1. The summed E-state index contributed by atoms with van der Waals surface area (Å²) < 4.78 is 7.29. The maximum atomic E-state index is 13.9. The summed E-state index contributed by atoms with van der Waals surface area (Å²) >= 11 is 0. The van der Waals surface area contributed by atoms with Crippen LogP contribution in [0.25, 0.3) is 33.5 Å². The van der Waals surface area contributed by atoms with Crippen molar-refractivity contribution >= 4 is 45.7 Å². The Morgan fingerprint density at radius 1 is 0.937 bits per heavy atom. The van der Waals surface area contributed by atoms with Crippen LogP contribution >= 0.6 is 0 Å². The molecule has 4 aliphatic heterocycles. The van der Waals surface area contributed by atoms with Gasteiger partial charge in [0.1, 0.15) is 12.6 Å². The van der Waals surface area contributed by atoms with Crippen LogP contribution in [0.2, 0.25) is 0 Å². The van der Waals surface area contributed by atoms with Crippen molar-refractivity contribution < 1.29 is 23.9 Å². The Bertz CT molecular complexity index is 2830. The topological polar surface area (TPSA) is 157 Å². The lowest BCUT2D eigenvalue weighted by atomic mass is 9.72. The van der Waals surface area contributed by atoms with Crippen molar-refractivity contribution in [2.24, 2.45) is 25.4 Å². The van der Waals surface area contributed by atoms with Gasteiger partial charge < -0.3 is 14.3 Å². The highest BCUT2D eigenvalue weighted by molar-refractivity contribution is 6.05. The number of para-hydroxylation sites is 1. The number of fused-ring (bicyclic) bond motifs is 8. The molecule has 2 N–H and O–H groups in total. The average Bonchev–Trinajstić information content (AvgIpc) is 3.87. The van der Waals surface area contributed by atoms with E-state index in [9.17, 15) is 19.2 Å². The van der Waals surface area contributed by atoms with Crippen LogP contribution in [0.5, 0.6) is 0 Å². The maximum Gasteiger partial charge on any atom is 0.329 e. The van der Waals surface area contributed by atoms with Crippen LogP contribution in [-0.4, -0.2) is 95.4 Å². The second-order valence-corrected chi connectivity index (χ2v) is 18.5. The Hall–Kier alpha value is -6.13. The van der Waals surface area contributed by atoms with E-state index in [4.69, 9.17) is 14.8 Å². The molecule has 6 aromatic rings. The molecule has 328 valence electrons. The molecule has 4 aromatic heterocycles. The SMILES string of the molecule is Cc1cc2cc(n1)-c1cc[n+](C)n1OCCC[C@@H](C)Cn1c(nc3ccc(CN4CCC5(CC4)CN(CCc4cccc6c4n(C)c(=O)n6C4CCC(=O)NC4=O)C5)cc31)NC2=O. The van der Waals surface area contributed by atoms with E-state index < -0.39 is 11.9 Å². The van der Waals surface area contributed by atoms with E-state index in [-0.39, 0.29) is 23.9 Å². The molecule has 8 heterocycles. The van der Waals surface area contributed by atoms with Crippen molar-refractivity contribution in [3.8, 4) is 11.4 Å². The van der Waals surface area contributed by atoms with Crippen molar-refractivity contribution in [1.82, 2.24) is 43.6 Å². The Balaban J connectivity index is 0.792. The van der Waals surface area contributed by atoms with E-state index in [1.165, 1.54) is 5.56 Å². The second-order valence-electron chi connectivity index (χ2n) is 18.5. The van der Waals surface area contributed by atoms with Crippen LogP contribution in [0, 0.1) is 18.3 Å². The third-order valence-corrected chi connectivity index (χ3v) is 13.9. The molecule has 4 aliphatic rings. The fourth-order valence-electron chi connectivity index (χ4n) is 10.5. The van der Waals surface area contributed by atoms with Crippen LogP contribution in [0.15, 0.2) is 65.6 Å². The number of piperidine rings is 2. The van der Waals surface area contributed by atoms with Crippen molar-refractivity contribution in [3.63, 3.8) is 0 Å². The van der Waals surface area contributed by atoms with Gasteiger partial charge in [-0.2, -0.15) is 0 Å². The molecule has 0 saturated carbocycles. The lowest BCUT2D eigenvalue weighted by Crippen LogP contribution is -2.60. The summed E-state index contributed by atoms with van der Waals surface area (Å²) in [6, 6.07) is 17.4. The zero-order valence-electron chi connectivity index (χ0n) is 36.6. The molecule has 0 aliphatic carbocycles. The second kappa shape index (κ2) is 16.2. The number of imide groups is 1. The molecular weight excluding hydrogens is 799 g/mol. The number of nitrogens with zero attached hydrogens (tertiary/aromatic N) is 9. The van der Waals surface area contributed by atoms with E-state index in [2.05, 4.69) is 56.2 Å². The fourth-order valence-corrected chi connectivity index (χ4v) is 10.5. The Morgan fingerprint density at radius 2 is 1.76 bits per heavy atom. The number of imidazole rings is 2. The first-order chi connectivity index (χ1) is 30.4. The van der Waals surface area contributed by atoms with Crippen LogP contribution in [0.3, 0.4) is 0 Å². The molecule has 3 fully saturated rings. The lowest BCUT2D eigenvalue weighted by Gasteiger charge is -2.54. The van der Waals surface area contributed by atoms with Crippen molar-refractivity contribution in [3.05, 3.63) is 93.7 Å². The summed E-state index contributed by atoms with van der Waals surface area (Å²) in [7, 11) is 3.70. The smallest absolute Gasteiger partial charge is 0.329 e. The molecule has 2 aromatic carbocycles. The van der Waals surface area contributed by atoms with Crippen LogP contribution in [-0.2, 0) is 43.2 Å². The van der Waals surface area contributed by atoms with E-state index in [0.29, 0.717) is 48.1 Å². The highest BCUT2D eigenvalue weighted by atomic mass is 16.7. The highest BCUT2D eigenvalue weighted by Gasteiger charge is 2.44. The number of amides is 3. The Labute approximate surface area is 365 Å². The van der Waals surface area contributed by atoms with Gasteiger partial charge in [-0.3, -0.25) is 44.0 Å². The van der Waals surface area contributed by atoms with Crippen molar-refractivity contribution in [1.29, 1.82) is 0 Å².